The molecule has 130 valence electrons. The summed E-state index contributed by atoms with van der Waals surface area (Å²) in [6.07, 6.45) is 8.68. The first-order valence-corrected chi connectivity index (χ1v) is 8.46. The lowest BCUT2D eigenvalue weighted by atomic mass is 10.0. The van der Waals surface area contributed by atoms with Gasteiger partial charge >= 0.3 is 0 Å². The Bertz CT molecular complexity index is 1010. The number of nitrogens with zero attached hydrogens (tertiary/aromatic N) is 1. The number of aromatic amines is 1. The third kappa shape index (κ3) is 3.35. The zero-order valence-corrected chi connectivity index (χ0v) is 14.0. The molecular formula is C20H18N4O2. The van der Waals surface area contributed by atoms with E-state index in [1.807, 2.05) is 30.3 Å². The first kappa shape index (κ1) is 16.1. The molecule has 4 N–H and O–H groups in total. The van der Waals surface area contributed by atoms with Crippen LogP contribution in [0.25, 0.3) is 28.2 Å². The summed E-state index contributed by atoms with van der Waals surface area (Å²) < 4.78 is 0. The number of fused-ring (bicyclic) bond motifs is 1. The Balaban J connectivity index is 1.62. The summed E-state index contributed by atoms with van der Waals surface area (Å²) in [5.74, 6) is -0.527. The number of hydrogen-bond acceptors (Lipinski definition) is 3. The van der Waals surface area contributed by atoms with Gasteiger partial charge in [0.1, 0.15) is 5.65 Å². The minimum Gasteiger partial charge on any atom is -0.366 e. The number of benzene rings is 1. The van der Waals surface area contributed by atoms with Crippen molar-refractivity contribution in [2.75, 3.05) is 0 Å². The van der Waals surface area contributed by atoms with Crippen molar-refractivity contribution in [2.45, 2.75) is 18.9 Å². The molecule has 1 saturated carbocycles. The molecule has 6 nitrogen and oxygen atoms in total. The number of H-pyrrole nitrogens is 1. The lowest BCUT2D eigenvalue weighted by Gasteiger charge is -2.06. The third-order valence-corrected chi connectivity index (χ3v) is 4.38. The molecule has 0 unspecified atom stereocenters. The van der Waals surface area contributed by atoms with E-state index in [0.717, 1.165) is 40.6 Å². The molecule has 0 saturated heterocycles. The highest BCUT2D eigenvalue weighted by Crippen LogP contribution is 2.26. The Kier molecular flexibility index (Phi) is 4.01. The summed E-state index contributed by atoms with van der Waals surface area (Å²) in [7, 11) is 0. The molecule has 2 amide bonds. The van der Waals surface area contributed by atoms with E-state index in [0.29, 0.717) is 11.6 Å². The molecule has 6 heteroatoms. The Morgan fingerprint density at radius 1 is 1.19 bits per heavy atom. The van der Waals surface area contributed by atoms with Crippen molar-refractivity contribution in [3.05, 3.63) is 59.9 Å². The molecule has 1 aromatic carbocycles. The van der Waals surface area contributed by atoms with Crippen molar-refractivity contribution in [1.29, 1.82) is 0 Å². The van der Waals surface area contributed by atoms with Gasteiger partial charge in [0.15, 0.2) is 0 Å². The molecule has 1 aliphatic carbocycles. The second-order valence-electron chi connectivity index (χ2n) is 6.42. The fourth-order valence-corrected chi connectivity index (χ4v) is 2.80. The normalized spacial score (nSPS) is 14.0. The summed E-state index contributed by atoms with van der Waals surface area (Å²) in [6.45, 7) is 0. The lowest BCUT2D eigenvalue weighted by Crippen LogP contribution is -2.25. The maximum Gasteiger partial charge on any atom is 0.251 e. The number of pyridine rings is 1. The summed E-state index contributed by atoms with van der Waals surface area (Å²) in [5.41, 5.74) is 9.29. The molecule has 2 aromatic heterocycles. The average molecular weight is 346 g/mol. The highest BCUT2D eigenvalue weighted by Gasteiger charge is 2.23. The molecule has 0 atom stereocenters. The van der Waals surface area contributed by atoms with Gasteiger partial charge in [-0.1, -0.05) is 12.1 Å². The molecule has 2 heterocycles. The van der Waals surface area contributed by atoms with Gasteiger partial charge < -0.3 is 16.0 Å². The van der Waals surface area contributed by atoms with E-state index >= 15 is 0 Å². The largest absolute Gasteiger partial charge is 0.366 e. The lowest BCUT2D eigenvalue weighted by molar-refractivity contribution is -0.113. The molecule has 0 radical (unpaired) electrons. The van der Waals surface area contributed by atoms with Crippen LogP contribution in [0, 0.1) is 0 Å². The highest BCUT2D eigenvalue weighted by molar-refractivity contribution is 5.96. The number of hydrogen-bond donors (Lipinski definition) is 3. The average Bonchev–Trinajstić information content (AvgIpc) is 3.37. The van der Waals surface area contributed by atoms with Crippen molar-refractivity contribution in [2.24, 2.45) is 5.73 Å². The first-order valence-electron chi connectivity index (χ1n) is 8.46. The van der Waals surface area contributed by atoms with Crippen LogP contribution in [0.3, 0.4) is 0 Å². The van der Waals surface area contributed by atoms with E-state index in [1.165, 1.54) is 6.08 Å². The van der Waals surface area contributed by atoms with Gasteiger partial charge in [0, 0.05) is 46.6 Å². The van der Waals surface area contributed by atoms with Crippen LogP contribution in [0.2, 0.25) is 0 Å². The van der Waals surface area contributed by atoms with E-state index in [1.54, 1.807) is 18.5 Å². The molecule has 0 bridgehead atoms. The summed E-state index contributed by atoms with van der Waals surface area (Å²) >= 11 is 0. The van der Waals surface area contributed by atoms with Gasteiger partial charge in [-0.05, 0) is 42.7 Å². The van der Waals surface area contributed by atoms with Crippen LogP contribution in [-0.4, -0.2) is 27.8 Å². The number of carbonyl (C=O) groups excluding carboxylic acids is 2. The Morgan fingerprint density at radius 2 is 1.96 bits per heavy atom. The van der Waals surface area contributed by atoms with E-state index in [2.05, 4.69) is 15.3 Å². The molecule has 1 fully saturated rings. The highest BCUT2D eigenvalue weighted by atomic mass is 16.2. The molecule has 1 aliphatic rings. The second kappa shape index (κ2) is 6.48. The third-order valence-electron chi connectivity index (χ3n) is 4.38. The second-order valence-corrected chi connectivity index (χ2v) is 6.42. The van der Waals surface area contributed by atoms with Crippen molar-refractivity contribution < 1.29 is 9.59 Å². The minimum atomic E-state index is -0.497. The van der Waals surface area contributed by atoms with Crippen LogP contribution in [0.15, 0.2) is 48.8 Å². The van der Waals surface area contributed by atoms with Crippen LogP contribution in [0.1, 0.15) is 28.8 Å². The fourth-order valence-electron chi connectivity index (χ4n) is 2.80. The molecule has 3 aromatic rings. The maximum atomic E-state index is 12.1. The van der Waals surface area contributed by atoms with Crippen LogP contribution in [0.5, 0.6) is 0 Å². The Labute approximate surface area is 150 Å². The van der Waals surface area contributed by atoms with Gasteiger partial charge in [-0.2, -0.15) is 0 Å². The quantitative estimate of drug-likeness (QED) is 0.619. The van der Waals surface area contributed by atoms with Crippen LogP contribution >= 0.6 is 0 Å². The smallest absolute Gasteiger partial charge is 0.251 e. The number of rotatable bonds is 5. The van der Waals surface area contributed by atoms with E-state index in [-0.39, 0.29) is 5.91 Å². The van der Waals surface area contributed by atoms with Crippen molar-refractivity contribution in [1.82, 2.24) is 15.3 Å². The van der Waals surface area contributed by atoms with Gasteiger partial charge in [-0.3, -0.25) is 9.59 Å². The predicted molar refractivity (Wildman–Crippen MR) is 100 cm³/mol. The van der Waals surface area contributed by atoms with Gasteiger partial charge in [-0.25, -0.2) is 4.98 Å². The number of amides is 2. The number of primary amides is 1. The van der Waals surface area contributed by atoms with Gasteiger partial charge in [0.05, 0.1) is 0 Å². The zero-order valence-electron chi connectivity index (χ0n) is 14.0. The summed E-state index contributed by atoms with van der Waals surface area (Å²) in [5, 5.41) is 3.88. The summed E-state index contributed by atoms with van der Waals surface area (Å²) in [6, 6.07) is 9.81. The van der Waals surface area contributed by atoms with Crippen molar-refractivity contribution in [3.63, 3.8) is 0 Å². The van der Waals surface area contributed by atoms with E-state index < -0.39 is 5.91 Å². The van der Waals surface area contributed by atoms with E-state index in [9.17, 15) is 9.59 Å². The van der Waals surface area contributed by atoms with Gasteiger partial charge in [0.25, 0.3) is 5.91 Å². The zero-order chi connectivity index (χ0) is 18.1. The van der Waals surface area contributed by atoms with Gasteiger partial charge in [0.2, 0.25) is 5.91 Å². The van der Waals surface area contributed by atoms with E-state index in [4.69, 9.17) is 5.73 Å². The standard InChI is InChI=1S/C20H18N4O2/c21-18(25)8-5-14-10-22-19-17(14)9-15(11-23-19)12-1-3-13(4-2-12)20(26)24-16-6-7-16/h1-5,8-11,16H,6-7H2,(H2,21,25)(H,22,23)(H,24,26)/b8-5+. The van der Waals surface area contributed by atoms with Crippen LogP contribution in [-0.2, 0) is 4.79 Å². The minimum absolute atomic E-state index is 0.0304. The molecule has 0 spiro atoms. The maximum absolute atomic E-state index is 12.1. The van der Waals surface area contributed by atoms with Crippen LogP contribution in [0.4, 0.5) is 0 Å². The van der Waals surface area contributed by atoms with Gasteiger partial charge in [-0.15, -0.1) is 0 Å². The molecule has 26 heavy (non-hydrogen) atoms. The molecule has 4 rings (SSSR count). The van der Waals surface area contributed by atoms with Crippen molar-refractivity contribution >= 4 is 28.9 Å². The first-order chi connectivity index (χ1) is 12.6. The monoisotopic (exact) mass is 346 g/mol. The predicted octanol–water partition coefficient (Wildman–Crippen LogP) is 2.62. The number of nitrogens with one attached hydrogen (secondary N) is 2. The SMILES string of the molecule is NC(=O)/C=C/c1c[nH]c2ncc(-c3ccc(C(=O)NC4CC4)cc3)cc12. The molecular weight excluding hydrogens is 328 g/mol. The summed E-state index contributed by atoms with van der Waals surface area (Å²) in [4.78, 5) is 30.5. The number of aromatic nitrogens is 2. The fraction of sp³-hybridized carbons (Fsp3) is 0.150. The number of nitrogens with two attached hydrogens (primary N) is 1. The Hall–Kier alpha value is -3.41. The van der Waals surface area contributed by atoms with Crippen molar-refractivity contribution in [3.8, 4) is 11.1 Å². The van der Waals surface area contributed by atoms with Crippen LogP contribution < -0.4 is 11.1 Å². The molecule has 0 aliphatic heterocycles. The topological polar surface area (TPSA) is 101 Å². The number of carbonyl (C=O) groups is 2. The Morgan fingerprint density at radius 3 is 2.65 bits per heavy atom.